The molecule has 0 bridgehead atoms. The molecule has 0 aromatic heterocycles. The summed E-state index contributed by atoms with van der Waals surface area (Å²) in [7, 11) is 0. The van der Waals surface area contributed by atoms with Crippen LogP contribution in [0, 0.1) is 0 Å². The summed E-state index contributed by atoms with van der Waals surface area (Å²) in [5, 5.41) is 39.0. The first-order chi connectivity index (χ1) is 7.76. The minimum atomic E-state index is -1.46. The third kappa shape index (κ3) is 1440. The van der Waals surface area contributed by atoms with E-state index in [1.165, 1.54) is 6.92 Å². The lowest BCUT2D eigenvalue weighted by atomic mass is 10.3. The van der Waals surface area contributed by atoms with E-state index in [0.717, 1.165) is 20.8 Å². The topological polar surface area (TPSA) is 152 Å². The van der Waals surface area contributed by atoms with Crippen LogP contribution >= 0.6 is 0 Å². The molecule has 0 spiro atoms. The van der Waals surface area contributed by atoms with Gasteiger partial charge in [-0.25, -0.2) is 0 Å². The highest BCUT2D eigenvalue weighted by atomic mass is 16.5. The molecule has 0 amide bonds. The molecule has 0 aromatic rings. The van der Waals surface area contributed by atoms with Crippen LogP contribution in [0.2, 0.25) is 0 Å². The van der Waals surface area contributed by atoms with Crippen LogP contribution in [0.15, 0.2) is 0 Å². The van der Waals surface area contributed by atoms with Crippen LogP contribution < -0.4 is 0 Å². The molecule has 8 nitrogen and oxygen atoms in total. The van der Waals surface area contributed by atoms with Gasteiger partial charge in [0.05, 0.1) is 0 Å². The van der Waals surface area contributed by atoms with Crippen molar-refractivity contribution < 1.29 is 39.9 Å². The molecule has 0 saturated heterocycles. The van der Waals surface area contributed by atoms with E-state index in [1.807, 2.05) is 0 Å². The van der Waals surface area contributed by atoms with Crippen molar-refractivity contribution in [2.24, 2.45) is 0 Å². The van der Waals surface area contributed by atoms with Gasteiger partial charge in [0, 0.05) is 20.8 Å². The quantitative estimate of drug-likeness (QED) is 0.428. The Kier molecular flexibility index (Phi) is 21.5. The minimum absolute atomic E-state index is 0.382. The van der Waals surface area contributed by atoms with Crippen LogP contribution in [0.4, 0.5) is 0 Å². The maximum absolute atomic E-state index is 9.00. The Morgan fingerprint density at radius 2 is 0.889 bits per heavy atom. The minimum Gasteiger partial charge on any atom is -0.481 e. The highest BCUT2D eigenvalue weighted by Crippen LogP contribution is 1.99. The van der Waals surface area contributed by atoms with Crippen LogP contribution in [0.1, 0.15) is 41.0 Å². The van der Waals surface area contributed by atoms with Crippen molar-refractivity contribution in [2.45, 2.75) is 46.8 Å². The van der Waals surface area contributed by atoms with Crippen LogP contribution in [-0.2, 0) is 14.4 Å². The van der Waals surface area contributed by atoms with Gasteiger partial charge in [-0.1, -0.05) is 6.92 Å². The fraction of sp³-hybridized carbons (Fsp3) is 0.700. The predicted octanol–water partition coefficient (Wildman–Crippen LogP) is 0.370. The number of hydrogen-bond acceptors (Lipinski definition) is 5. The van der Waals surface area contributed by atoms with E-state index in [1.54, 1.807) is 6.92 Å². The Morgan fingerprint density at radius 3 is 0.889 bits per heavy atom. The van der Waals surface area contributed by atoms with Gasteiger partial charge in [-0.2, -0.15) is 0 Å². The van der Waals surface area contributed by atoms with Crippen molar-refractivity contribution in [3.8, 4) is 0 Å². The first-order valence-electron chi connectivity index (χ1n) is 4.79. The summed E-state index contributed by atoms with van der Waals surface area (Å²) in [4.78, 5) is 27.0. The molecule has 0 fully saturated rings. The van der Waals surface area contributed by atoms with E-state index in [2.05, 4.69) is 0 Å². The molecule has 0 atom stereocenters. The number of carboxylic acid groups (broad SMARTS) is 3. The maximum atomic E-state index is 9.00. The molecule has 8 heteroatoms. The summed E-state index contributed by atoms with van der Waals surface area (Å²) in [6.07, 6.45) is 0.382. The molecule has 0 rings (SSSR count). The Balaban J connectivity index is -0.0000000742. The Hall–Kier alpha value is -1.67. The second-order valence-corrected chi connectivity index (χ2v) is 3.13. The van der Waals surface area contributed by atoms with Gasteiger partial charge in [-0.3, -0.25) is 14.4 Å². The van der Waals surface area contributed by atoms with Gasteiger partial charge < -0.3 is 25.5 Å². The van der Waals surface area contributed by atoms with Crippen molar-refractivity contribution in [3.05, 3.63) is 0 Å². The molecule has 0 aliphatic rings. The average molecular weight is 270 g/mol. The summed E-state index contributed by atoms with van der Waals surface area (Å²) in [6.45, 7) is 6.31. The van der Waals surface area contributed by atoms with Gasteiger partial charge >= 0.3 is 0 Å². The van der Waals surface area contributed by atoms with Gasteiger partial charge in [0.25, 0.3) is 17.9 Å². The zero-order valence-electron chi connectivity index (χ0n) is 11.2. The average Bonchev–Trinajstić information content (AvgIpc) is 1.99. The Labute approximate surface area is 105 Å². The van der Waals surface area contributed by atoms with E-state index >= 15 is 0 Å². The molecule has 0 unspecified atom stereocenters. The molecule has 0 aliphatic carbocycles. The van der Waals surface area contributed by atoms with Crippen LogP contribution in [-0.4, -0.2) is 49.2 Å². The van der Waals surface area contributed by atoms with Crippen molar-refractivity contribution in [2.75, 3.05) is 0 Å². The summed E-state index contributed by atoms with van der Waals surface area (Å²) in [5.41, 5.74) is 0. The van der Waals surface area contributed by atoms with E-state index in [0.29, 0.717) is 6.42 Å². The van der Waals surface area contributed by atoms with E-state index in [9.17, 15) is 0 Å². The van der Waals surface area contributed by atoms with E-state index in [-0.39, 0.29) is 0 Å². The van der Waals surface area contributed by atoms with Gasteiger partial charge in [-0.05, 0) is 13.3 Å². The van der Waals surface area contributed by atoms with Crippen LogP contribution in [0.25, 0.3) is 0 Å². The zero-order valence-corrected chi connectivity index (χ0v) is 11.2. The fourth-order valence-electron chi connectivity index (χ4n) is 0. The summed E-state index contributed by atoms with van der Waals surface area (Å²) < 4.78 is 0. The number of aliphatic hydroxyl groups is 2. The normalized spacial score (nSPS) is 8.17. The Bertz CT molecular complexity index is 188. The smallest absolute Gasteiger partial charge is 0.300 e. The number of rotatable bonds is 1. The van der Waals surface area contributed by atoms with Gasteiger partial charge in [0.15, 0.2) is 5.79 Å². The second kappa shape index (κ2) is 15.3. The molecular formula is C10H22O8. The number of aliphatic carboxylic acids is 3. The van der Waals surface area contributed by atoms with Gasteiger partial charge in [0.1, 0.15) is 0 Å². The van der Waals surface area contributed by atoms with Crippen molar-refractivity contribution in [3.63, 3.8) is 0 Å². The molecule has 0 heterocycles. The lowest BCUT2D eigenvalue weighted by Gasteiger charge is -2.10. The van der Waals surface area contributed by atoms with E-state index in [4.69, 9.17) is 39.9 Å². The Morgan fingerprint density at radius 1 is 0.833 bits per heavy atom. The van der Waals surface area contributed by atoms with Crippen LogP contribution in [0.5, 0.6) is 0 Å². The SMILES string of the molecule is CC(=O)O.CC(=O)O.CC(=O)O.CCC(C)(O)O. The molecular weight excluding hydrogens is 248 g/mol. The lowest BCUT2D eigenvalue weighted by molar-refractivity contribution is -0.146. The molecule has 18 heavy (non-hydrogen) atoms. The summed E-state index contributed by atoms with van der Waals surface area (Å²) in [6, 6.07) is 0. The lowest BCUT2D eigenvalue weighted by Crippen LogP contribution is -2.20. The van der Waals surface area contributed by atoms with Gasteiger partial charge in [0.2, 0.25) is 0 Å². The highest BCUT2D eigenvalue weighted by molar-refractivity contribution is 5.63. The molecule has 0 saturated carbocycles. The summed E-state index contributed by atoms with van der Waals surface area (Å²) in [5.74, 6) is -3.96. The number of carbonyl (C=O) groups is 3. The first kappa shape index (κ1) is 25.2. The highest BCUT2D eigenvalue weighted by Gasteiger charge is 2.08. The molecule has 0 aliphatic heterocycles. The standard InChI is InChI=1S/C4H10O2.3C2H4O2/c1-3-4(2,5)6;3*1-2(3)4/h5-6H,3H2,1-2H3;3*1H3,(H,3,4). The predicted molar refractivity (Wildman–Crippen MR) is 63.1 cm³/mol. The number of hydrogen-bond donors (Lipinski definition) is 5. The molecule has 0 radical (unpaired) electrons. The van der Waals surface area contributed by atoms with Gasteiger partial charge in [-0.15, -0.1) is 0 Å². The van der Waals surface area contributed by atoms with Crippen molar-refractivity contribution in [1.82, 2.24) is 0 Å². The second-order valence-electron chi connectivity index (χ2n) is 3.13. The first-order valence-corrected chi connectivity index (χ1v) is 4.79. The third-order valence-corrected chi connectivity index (χ3v) is 0.670. The van der Waals surface area contributed by atoms with E-state index < -0.39 is 23.7 Å². The molecule has 5 N–H and O–H groups in total. The third-order valence-electron chi connectivity index (χ3n) is 0.670. The van der Waals surface area contributed by atoms with Crippen molar-refractivity contribution in [1.29, 1.82) is 0 Å². The summed E-state index contributed by atoms with van der Waals surface area (Å²) >= 11 is 0. The monoisotopic (exact) mass is 270 g/mol. The zero-order chi connectivity index (χ0) is 15.9. The number of carboxylic acids is 3. The molecule has 110 valence electrons. The van der Waals surface area contributed by atoms with Crippen molar-refractivity contribution >= 4 is 17.9 Å². The fourth-order valence-corrected chi connectivity index (χ4v) is 0. The maximum Gasteiger partial charge on any atom is 0.300 e. The largest absolute Gasteiger partial charge is 0.481 e. The van der Waals surface area contributed by atoms with Crippen LogP contribution in [0.3, 0.4) is 0 Å². The molecule has 0 aromatic carbocycles.